The summed E-state index contributed by atoms with van der Waals surface area (Å²) in [6.45, 7) is 0. The van der Waals surface area contributed by atoms with E-state index >= 15 is 0 Å². The molecule has 0 fully saturated rings. The molecule has 2 unspecified atom stereocenters. The highest BCUT2D eigenvalue weighted by Crippen LogP contribution is 2.37. The standard InChI is InChI=1S/C12H14O7/c1-19-8-3-2-6(5-13)10(12(8)18)11(17)7(14)4-9(15)16/h2-3,5,7,11,14,17-18H,4H2,1H3,(H,15,16). The summed E-state index contributed by atoms with van der Waals surface area (Å²) in [5.41, 5.74) is -0.321. The molecule has 0 heterocycles. The number of hydrogen-bond donors (Lipinski definition) is 4. The summed E-state index contributed by atoms with van der Waals surface area (Å²) in [6, 6.07) is 2.61. The number of phenols is 1. The molecule has 0 aliphatic heterocycles. The third-order valence-electron chi connectivity index (χ3n) is 2.60. The summed E-state index contributed by atoms with van der Waals surface area (Å²) in [6.07, 6.45) is -3.72. The van der Waals surface area contributed by atoms with E-state index < -0.39 is 30.3 Å². The van der Waals surface area contributed by atoms with Gasteiger partial charge in [-0.05, 0) is 12.1 Å². The van der Waals surface area contributed by atoms with Gasteiger partial charge in [-0.3, -0.25) is 9.59 Å². The first kappa shape index (κ1) is 14.9. The maximum atomic E-state index is 10.9. The van der Waals surface area contributed by atoms with E-state index in [0.717, 1.165) is 0 Å². The topological polar surface area (TPSA) is 124 Å². The van der Waals surface area contributed by atoms with Crippen LogP contribution >= 0.6 is 0 Å². The number of carboxylic acid groups (broad SMARTS) is 1. The fourth-order valence-corrected chi connectivity index (χ4v) is 1.66. The lowest BCUT2D eigenvalue weighted by Gasteiger charge is -2.20. The average Bonchev–Trinajstić information content (AvgIpc) is 2.36. The van der Waals surface area contributed by atoms with Crippen LogP contribution in [0.2, 0.25) is 0 Å². The molecular weight excluding hydrogens is 256 g/mol. The van der Waals surface area contributed by atoms with E-state index in [4.69, 9.17) is 9.84 Å². The van der Waals surface area contributed by atoms with Crippen molar-refractivity contribution in [3.8, 4) is 11.5 Å². The normalized spacial score (nSPS) is 13.6. The lowest BCUT2D eigenvalue weighted by molar-refractivity contribution is -0.141. The van der Waals surface area contributed by atoms with Gasteiger partial charge < -0.3 is 25.2 Å². The van der Waals surface area contributed by atoms with E-state index in [1.807, 2.05) is 0 Å². The molecule has 0 bridgehead atoms. The first-order valence-corrected chi connectivity index (χ1v) is 5.35. The highest BCUT2D eigenvalue weighted by Gasteiger charge is 2.27. The molecule has 0 saturated carbocycles. The Balaban J connectivity index is 3.23. The molecule has 0 aromatic heterocycles. The zero-order chi connectivity index (χ0) is 14.6. The van der Waals surface area contributed by atoms with Gasteiger partial charge >= 0.3 is 5.97 Å². The Morgan fingerprint density at radius 3 is 2.53 bits per heavy atom. The highest BCUT2D eigenvalue weighted by molar-refractivity contribution is 5.80. The van der Waals surface area contributed by atoms with Crippen molar-refractivity contribution in [2.75, 3.05) is 7.11 Å². The van der Waals surface area contributed by atoms with Crippen LogP contribution < -0.4 is 4.74 Å². The SMILES string of the molecule is COc1ccc(C=O)c(C(O)C(O)CC(=O)O)c1O. The molecular formula is C12H14O7. The van der Waals surface area contributed by atoms with E-state index in [1.165, 1.54) is 19.2 Å². The molecule has 0 aliphatic rings. The minimum Gasteiger partial charge on any atom is -0.504 e. The maximum Gasteiger partial charge on any atom is 0.306 e. The van der Waals surface area contributed by atoms with Gasteiger partial charge in [0.05, 0.1) is 19.6 Å². The molecule has 19 heavy (non-hydrogen) atoms. The van der Waals surface area contributed by atoms with E-state index in [-0.39, 0.29) is 16.9 Å². The van der Waals surface area contributed by atoms with E-state index in [0.29, 0.717) is 6.29 Å². The zero-order valence-corrected chi connectivity index (χ0v) is 10.1. The fourth-order valence-electron chi connectivity index (χ4n) is 1.66. The van der Waals surface area contributed by atoms with Gasteiger partial charge in [-0.1, -0.05) is 0 Å². The Labute approximate surface area is 108 Å². The summed E-state index contributed by atoms with van der Waals surface area (Å²) >= 11 is 0. The van der Waals surface area contributed by atoms with Gasteiger partial charge in [-0.15, -0.1) is 0 Å². The van der Waals surface area contributed by atoms with Crippen LogP contribution in [0.25, 0.3) is 0 Å². The number of rotatable bonds is 6. The molecule has 2 atom stereocenters. The number of aromatic hydroxyl groups is 1. The Kier molecular flexibility index (Phi) is 4.85. The van der Waals surface area contributed by atoms with Gasteiger partial charge in [-0.2, -0.15) is 0 Å². The van der Waals surface area contributed by atoms with Crippen LogP contribution in [0.4, 0.5) is 0 Å². The van der Waals surface area contributed by atoms with Crippen LogP contribution in [-0.4, -0.2) is 45.9 Å². The first-order chi connectivity index (χ1) is 8.92. The number of hydrogen-bond acceptors (Lipinski definition) is 6. The second-order valence-corrected chi connectivity index (χ2v) is 3.85. The Morgan fingerprint density at radius 1 is 1.42 bits per heavy atom. The number of aldehydes is 1. The second-order valence-electron chi connectivity index (χ2n) is 3.85. The van der Waals surface area contributed by atoms with Crippen molar-refractivity contribution in [3.05, 3.63) is 23.3 Å². The lowest BCUT2D eigenvalue weighted by Crippen LogP contribution is -2.23. The summed E-state index contributed by atoms with van der Waals surface area (Å²) in [5, 5.41) is 37.8. The number of benzene rings is 1. The molecule has 1 aromatic rings. The number of phenolic OH excluding ortho intramolecular Hbond substituents is 1. The first-order valence-electron chi connectivity index (χ1n) is 5.35. The van der Waals surface area contributed by atoms with Crippen LogP contribution in [0, 0.1) is 0 Å². The Morgan fingerprint density at radius 2 is 2.05 bits per heavy atom. The van der Waals surface area contributed by atoms with Crippen molar-refractivity contribution in [1.29, 1.82) is 0 Å². The summed E-state index contributed by atoms with van der Waals surface area (Å²) in [5.74, 6) is -1.83. The third kappa shape index (κ3) is 3.21. The lowest BCUT2D eigenvalue weighted by atomic mass is 9.96. The van der Waals surface area contributed by atoms with Crippen molar-refractivity contribution < 1.29 is 34.8 Å². The summed E-state index contributed by atoms with van der Waals surface area (Å²) in [7, 11) is 1.28. The van der Waals surface area contributed by atoms with Crippen LogP contribution in [0.1, 0.15) is 28.4 Å². The minimum absolute atomic E-state index is 0.00201. The van der Waals surface area contributed by atoms with Crippen molar-refractivity contribution in [1.82, 2.24) is 0 Å². The van der Waals surface area contributed by atoms with Crippen molar-refractivity contribution in [2.45, 2.75) is 18.6 Å². The zero-order valence-electron chi connectivity index (χ0n) is 10.1. The molecule has 1 aromatic carbocycles. The number of methoxy groups -OCH3 is 1. The molecule has 104 valence electrons. The number of aliphatic hydroxyl groups excluding tert-OH is 2. The second kappa shape index (κ2) is 6.17. The predicted molar refractivity (Wildman–Crippen MR) is 63.3 cm³/mol. The monoisotopic (exact) mass is 270 g/mol. The molecule has 0 saturated heterocycles. The van der Waals surface area contributed by atoms with Gasteiger partial charge in [0.15, 0.2) is 17.8 Å². The van der Waals surface area contributed by atoms with Crippen LogP contribution in [-0.2, 0) is 4.79 Å². The molecule has 1 rings (SSSR count). The van der Waals surface area contributed by atoms with Crippen molar-refractivity contribution >= 4 is 12.3 Å². The Bertz CT molecular complexity index is 483. The summed E-state index contributed by atoms with van der Waals surface area (Å²) in [4.78, 5) is 21.3. The largest absolute Gasteiger partial charge is 0.504 e. The molecule has 0 spiro atoms. The van der Waals surface area contributed by atoms with Crippen molar-refractivity contribution in [2.24, 2.45) is 0 Å². The number of carboxylic acids is 1. The van der Waals surface area contributed by atoms with Crippen LogP contribution in [0.15, 0.2) is 12.1 Å². The van der Waals surface area contributed by atoms with E-state index in [2.05, 4.69) is 0 Å². The smallest absolute Gasteiger partial charge is 0.306 e. The molecule has 7 heteroatoms. The number of aliphatic hydroxyl groups is 2. The van der Waals surface area contributed by atoms with Gasteiger partial charge in [0, 0.05) is 11.1 Å². The molecule has 0 amide bonds. The number of carbonyl (C=O) groups is 2. The molecule has 4 N–H and O–H groups in total. The van der Waals surface area contributed by atoms with E-state index in [1.54, 1.807) is 0 Å². The van der Waals surface area contributed by atoms with Crippen LogP contribution in [0.3, 0.4) is 0 Å². The maximum absolute atomic E-state index is 10.9. The van der Waals surface area contributed by atoms with Crippen LogP contribution in [0.5, 0.6) is 11.5 Å². The number of ether oxygens (including phenoxy) is 1. The summed E-state index contributed by atoms with van der Waals surface area (Å²) < 4.78 is 4.82. The quantitative estimate of drug-likeness (QED) is 0.539. The van der Waals surface area contributed by atoms with Gasteiger partial charge in [-0.25, -0.2) is 0 Å². The third-order valence-corrected chi connectivity index (χ3v) is 2.60. The Hall–Kier alpha value is -2.12. The van der Waals surface area contributed by atoms with Gasteiger partial charge in [0.2, 0.25) is 0 Å². The fraction of sp³-hybridized carbons (Fsp3) is 0.333. The number of aliphatic carboxylic acids is 1. The van der Waals surface area contributed by atoms with Gasteiger partial charge in [0.1, 0.15) is 6.10 Å². The minimum atomic E-state index is -1.72. The highest BCUT2D eigenvalue weighted by atomic mass is 16.5. The van der Waals surface area contributed by atoms with E-state index in [9.17, 15) is 24.9 Å². The molecule has 7 nitrogen and oxygen atoms in total. The average molecular weight is 270 g/mol. The van der Waals surface area contributed by atoms with Crippen molar-refractivity contribution in [3.63, 3.8) is 0 Å². The molecule has 0 aliphatic carbocycles. The molecule has 0 radical (unpaired) electrons. The van der Waals surface area contributed by atoms with Gasteiger partial charge in [0.25, 0.3) is 0 Å². The predicted octanol–water partition coefficient (Wildman–Crippen LogP) is 0.0823. The number of carbonyl (C=O) groups excluding carboxylic acids is 1.